The Bertz CT molecular complexity index is 749. The SMILES string of the molecule is [2H]C1(c2ccc(-c3ccc(C)c(C)c3)cc2)CC(C)(C)CC(C)(C)C1. The minimum Gasteiger partial charge on any atom is -0.0599 e. The second-order valence-electron chi connectivity index (χ2n) is 9.34. The number of hydrogen-bond acceptors (Lipinski definition) is 0. The van der Waals surface area contributed by atoms with Crippen LogP contribution in [0.2, 0.25) is 0 Å². The third-order valence-electron chi connectivity index (χ3n) is 5.47. The first kappa shape index (κ1) is 15.9. The fourth-order valence-electron chi connectivity index (χ4n) is 4.66. The molecule has 1 aliphatic carbocycles. The van der Waals surface area contributed by atoms with Crippen molar-refractivity contribution in [2.45, 2.75) is 66.7 Å². The molecule has 0 aliphatic heterocycles. The van der Waals surface area contributed by atoms with E-state index in [1.165, 1.54) is 34.2 Å². The van der Waals surface area contributed by atoms with E-state index in [1.54, 1.807) is 0 Å². The molecule has 0 saturated heterocycles. The van der Waals surface area contributed by atoms with Crippen LogP contribution in [0.5, 0.6) is 0 Å². The molecule has 2 aromatic rings. The van der Waals surface area contributed by atoms with E-state index >= 15 is 0 Å². The smallest absolute Gasteiger partial charge is 0.0353 e. The first-order chi connectivity index (χ1) is 11.5. The molecule has 0 heterocycles. The molecule has 0 atom stereocenters. The first-order valence-corrected chi connectivity index (χ1v) is 9.18. The van der Waals surface area contributed by atoms with Crippen molar-refractivity contribution in [3.63, 3.8) is 0 Å². The molecule has 0 amide bonds. The largest absolute Gasteiger partial charge is 0.0599 e. The van der Waals surface area contributed by atoms with Crippen LogP contribution in [-0.2, 0) is 0 Å². The molecule has 1 aliphatic rings. The van der Waals surface area contributed by atoms with Gasteiger partial charge in [-0.15, -0.1) is 0 Å². The monoisotopic (exact) mass is 321 g/mol. The fraction of sp³-hybridized carbons (Fsp3) is 0.500. The second kappa shape index (κ2) is 6.06. The van der Waals surface area contributed by atoms with Crippen LogP contribution >= 0.6 is 0 Å². The van der Waals surface area contributed by atoms with Crippen molar-refractivity contribution < 1.29 is 1.37 Å². The zero-order chi connectivity index (χ0) is 18.5. The van der Waals surface area contributed by atoms with E-state index in [0.717, 1.165) is 12.8 Å². The van der Waals surface area contributed by atoms with Crippen molar-refractivity contribution in [3.05, 3.63) is 59.2 Å². The highest BCUT2D eigenvalue weighted by atomic mass is 14.4. The summed E-state index contributed by atoms with van der Waals surface area (Å²) in [4.78, 5) is 0. The highest BCUT2D eigenvalue weighted by Gasteiger charge is 2.38. The van der Waals surface area contributed by atoms with Crippen molar-refractivity contribution in [1.82, 2.24) is 0 Å². The zero-order valence-corrected chi connectivity index (χ0v) is 16.2. The lowest BCUT2D eigenvalue weighted by Crippen LogP contribution is -2.32. The lowest BCUT2D eigenvalue weighted by atomic mass is 9.60. The van der Waals surface area contributed by atoms with Gasteiger partial charge in [0.05, 0.1) is 0 Å². The molecule has 1 saturated carbocycles. The summed E-state index contributed by atoms with van der Waals surface area (Å²) in [6.07, 6.45) is 3.07. The molecule has 2 aromatic carbocycles. The van der Waals surface area contributed by atoms with Crippen LogP contribution in [0.4, 0.5) is 0 Å². The van der Waals surface area contributed by atoms with Crippen molar-refractivity contribution in [3.8, 4) is 11.1 Å². The molecular formula is C24H32. The third kappa shape index (κ3) is 3.74. The number of aryl methyl sites for hydroxylation is 2. The van der Waals surface area contributed by atoms with Gasteiger partial charge in [0.15, 0.2) is 0 Å². The molecule has 128 valence electrons. The Morgan fingerprint density at radius 1 is 0.792 bits per heavy atom. The van der Waals surface area contributed by atoms with E-state index in [2.05, 4.69) is 84.0 Å². The second-order valence-corrected chi connectivity index (χ2v) is 9.34. The van der Waals surface area contributed by atoms with Crippen LogP contribution in [0, 0.1) is 24.7 Å². The maximum absolute atomic E-state index is 9.21. The van der Waals surface area contributed by atoms with Crippen LogP contribution < -0.4 is 0 Å². The van der Waals surface area contributed by atoms with Gasteiger partial charge >= 0.3 is 0 Å². The minimum absolute atomic E-state index is 0.218. The van der Waals surface area contributed by atoms with Crippen molar-refractivity contribution in [1.29, 1.82) is 0 Å². The predicted molar refractivity (Wildman–Crippen MR) is 106 cm³/mol. The number of benzene rings is 2. The van der Waals surface area contributed by atoms with Crippen LogP contribution in [-0.4, -0.2) is 0 Å². The van der Waals surface area contributed by atoms with Gasteiger partial charge in [-0.2, -0.15) is 0 Å². The van der Waals surface area contributed by atoms with Crippen LogP contribution in [0.25, 0.3) is 11.1 Å². The van der Waals surface area contributed by atoms with Gasteiger partial charge in [-0.25, -0.2) is 0 Å². The summed E-state index contributed by atoms with van der Waals surface area (Å²) in [5, 5.41) is 0. The molecular weight excluding hydrogens is 288 g/mol. The van der Waals surface area contributed by atoms with Gasteiger partial charge in [0.1, 0.15) is 0 Å². The van der Waals surface area contributed by atoms with E-state index in [1.807, 2.05) is 0 Å². The van der Waals surface area contributed by atoms with E-state index in [0.29, 0.717) is 0 Å². The molecule has 24 heavy (non-hydrogen) atoms. The fourth-order valence-corrected chi connectivity index (χ4v) is 4.66. The summed E-state index contributed by atoms with van der Waals surface area (Å²) in [5.41, 5.74) is 6.77. The standard InChI is InChI=1S/C24H32/c1-17-7-8-21(13-18(17)2)19-9-11-20(12-10-19)22-14-23(3,4)16-24(5,6)15-22/h7-13,22H,14-16H2,1-6H3/i22D. The van der Waals surface area contributed by atoms with Crippen molar-refractivity contribution in [2.24, 2.45) is 10.8 Å². The molecule has 0 spiro atoms. The van der Waals surface area contributed by atoms with Gasteiger partial charge in [-0.05, 0) is 77.7 Å². The van der Waals surface area contributed by atoms with Crippen LogP contribution in [0.15, 0.2) is 42.5 Å². The van der Waals surface area contributed by atoms with E-state index in [-0.39, 0.29) is 10.8 Å². The summed E-state index contributed by atoms with van der Waals surface area (Å²) in [6.45, 7) is 13.6. The van der Waals surface area contributed by atoms with Gasteiger partial charge in [0.25, 0.3) is 0 Å². The molecule has 0 aromatic heterocycles. The van der Waals surface area contributed by atoms with Gasteiger partial charge in [-0.3, -0.25) is 0 Å². The van der Waals surface area contributed by atoms with Crippen molar-refractivity contribution >= 4 is 0 Å². The summed E-state index contributed by atoms with van der Waals surface area (Å²) in [7, 11) is 0. The average molecular weight is 322 g/mol. The maximum atomic E-state index is 9.21. The third-order valence-corrected chi connectivity index (χ3v) is 5.47. The Morgan fingerprint density at radius 2 is 1.33 bits per heavy atom. The molecule has 3 rings (SSSR count). The molecule has 0 radical (unpaired) electrons. The Morgan fingerprint density at radius 3 is 1.88 bits per heavy atom. The minimum atomic E-state index is -0.479. The first-order valence-electron chi connectivity index (χ1n) is 9.68. The summed E-state index contributed by atoms with van der Waals surface area (Å²) in [6, 6.07) is 15.4. The maximum Gasteiger partial charge on any atom is 0.0353 e. The Kier molecular flexibility index (Phi) is 4.03. The number of rotatable bonds is 2. The predicted octanol–water partition coefficient (Wildman–Crippen LogP) is 7.29. The van der Waals surface area contributed by atoms with E-state index in [4.69, 9.17) is 0 Å². The zero-order valence-electron chi connectivity index (χ0n) is 17.2. The normalized spacial score (nSPS) is 22.0. The van der Waals surface area contributed by atoms with Crippen molar-refractivity contribution in [2.75, 3.05) is 0 Å². The number of hydrogen-bond donors (Lipinski definition) is 0. The molecule has 0 nitrogen and oxygen atoms in total. The van der Waals surface area contributed by atoms with E-state index in [9.17, 15) is 1.37 Å². The summed E-state index contributed by atoms with van der Waals surface area (Å²) in [5.74, 6) is -0.479. The molecule has 0 heteroatoms. The highest BCUT2D eigenvalue weighted by molar-refractivity contribution is 5.65. The average Bonchev–Trinajstić information content (AvgIpc) is 2.46. The molecule has 0 bridgehead atoms. The van der Waals surface area contributed by atoms with Crippen LogP contribution in [0.3, 0.4) is 0 Å². The lowest BCUT2D eigenvalue weighted by Gasteiger charge is -2.45. The quantitative estimate of drug-likeness (QED) is 0.544. The van der Waals surface area contributed by atoms with Gasteiger partial charge in [0, 0.05) is 1.37 Å². The van der Waals surface area contributed by atoms with Gasteiger partial charge in [0.2, 0.25) is 0 Å². The molecule has 1 fully saturated rings. The Hall–Kier alpha value is -1.56. The lowest BCUT2D eigenvalue weighted by molar-refractivity contribution is 0.0969. The highest BCUT2D eigenvalue weighted by Crippen LogP contribution is 2.51. The van der Waals surface area contributed by atoms with E-state index < -0.39 is 5.89 Å². The van der Waals surface area contributed by atoms with Gasteiger partial charge in [-0.1, -0.05) is 70.2 Å². The topological polar surface area (TPSA) is 0 Å². The van der Waals surface area contributed by atoms with Crippen LogP contribution in [0.1, 0.15) is 70.9 Å². The molecule has 0 unspecified atom stereocenters. The Balaban J connectivity index is 1.92. The summed E-state index contributed by atoms with van der Waals surface area (Å²) >= 11 is 0. The van der Waals surface area contributed by atoms with Gasteiger partial charge < -0.3 is 0 Å². The Labute approximate surface area is 149 Å². The molecule has 0 N–H and O–H groups in total. The summed E-state index contributed by atoms with van der Waals surface area (Å²) < 4.78 is 9.21.